The van der Waals surface area contributed by atoms with E-state index in [1.54, 1.807) is 24.4 Å². The van der Waals surface area contributed by atoms with Gasteiger partial charge in [0.05, 0.1) is 18.2 Å². The van der Waals surface area contributed by atoms with Crippen molar-refractivity contribution in [1.82, 2.24) is 9.99 Å². The van der Waals surface area contributed by atoms with Crippen LogP contribution in [0.4, 0.5) is 5.69 Å². The zero-order valence-electron chi connectivity index (χ0n) is 19.9. The Balaban J connectivity index is 1.76. The fourth-order valence-electron chi connectivity index (χ4n) is 3.92. The maximum Gasteiger partial charge on any atom is 0.260 e. The predicted octanol–water partition coefficient (Wildman–Crippen LogP) is 3.94. The number of anilines is 1. The largest absolute Gasteiger partial charge is 0.318 e. The Bertz CT molecular complexity index is 1300. The van der Waals surface area contributed by atoms with Crippen LogP contribution >= 0.6 is 0 Å². The van der Waals surface area contributed by atoms with Gasteiger partial charge in [-0.25, -0.2) is 13.8 Å². The maximum absolute atomic E-state index is 12.5. The third-order valence-corrected chi connectivity index (χ3v) is 6.45. The highest BCUT2D eigenvalue weighted by atomic mass is 32.2. The van der Waals surface area contributed by atoms with Gasteiger partial charge in [-0.05, 0) is 81.6 Å². The number of sulfonamides is 1. The molecule has 0 radical (unpaired) electrons. The minimum Gasteiger partial charge on any atom is -0.318 e. The Morgan fingerprint density at radius 2 is 1.67 bits per heavy atom. The topological polar surface area (TPSA) is 83.8 Å². The van der Waals surface area contributed by atoms with E-state index in [1.165, 1.54) is 11.1 Å². The number of carbonyl (C=O) groups is 1. The van der Waals surface area contributed by atoms with Crippen molar-refractivity contribution in [3.05, 3.63) is 82.2 Å². The molecule has 8 heteroatoms. The van der Waals surface area contributed by atoms with E-state index in [0.29, 0.717) is 5.69 Å². The number of nitrogens with zero attached hydrogens (tertiary/aromatic N) is 3. The van der Waals surface area contributed by atoms with Gasteiger partial charge in [-0.2, -0.15) is 5.10 Å². The molecule has 0 saturated carbocycles. The summed E-state index contributed by atoms with van der Waals surface area (Å²) < 4.78 is 27.7. The number of carbonyl (C=O) groups excluding carboxylic acids is 1. The average molecular weight is 467 g/mol. The average Bonchev–Trinajstić information content (AvgIpc) is 2.97. The summed E-state index contributed by atoms with van der Waals surface area (Å²) in [5.41, 5.74) is 10.1. The van der Waals surface area contributed by atoms with E-state index in [9.17, 15) is 13.2 Å². The summed E-state index contributed by atoms with van der Waals surface area (Å²) >= 11 is 0. The second-order valence-corrected chi connectivity index (χ2v) is 10.3. The van der Waals surface area contributed by atoms with E-state index < -0.39 is 15.9 Å². The van der Waals surface area contributed by atoms with Gasteiger partial charge in [-0.1, -0.05) is 18.2 Å². The maximum atomic E-state index is 12.5. The van der Waals surface area contributed by atoms with E-state index in [1.807, 2.05) is 32.9 Å². The second kappa shape index (κ2) is 9.62. The molecule has 0 aliphatic heterocycles. The van der Waals surface area contributed by atoms with E-state index >= 15 is 0 Å². The molecule has 0 atom stereocenters. The molecular weight excluding hydrogens is 436 g/mol. The van der Waals surface area contributed by atoms with Gasteiger partial charge in [0.25, 0.3) is 5.91 Å². The fraction of sp³-hybridized carbons (Fsp3) is 0.280. The van der Waals surface area contributed by atoms with Crippen LogP contribution in [0.15, 0.2) is 53.6 Å². The number of hydrazone groups is 1. The highest BCUT2D eigenvalue weighted by Crippen LogP contribution is 2.22. The molecule has 7 nitrogen and oxygen atoms in total. The molecule has 1 N–H and O–H groups in total. The molecule has 2 aromatic carbocycles. The molecule has 0 aliphatic rings. The number of hydrogen-bond acceptors (Lipinski definition) is 4. The van der Waals surface area contributed by atoms with Crippen LogP contribution in [0.25, 0.3) is 5.69 Å². The lowest BCUT2D eigenvalue weighted by Crippen LogP contribution is -2.39. The summed E-state index contributed by atoms with van der Waals surface area (Å²) in [4.78, 5) is 12.5. The third-order valence-electron chi connectivity index (χ3n) is 5.30. The van der Waals surface area contributed by atoms with Gasteiger partial charge in [0.15, 0.2) is 0 Å². The number of rotatable bonds is 7. The van der Waals surface area contributed by atoms with Crippen molar-refractivity contribution in [2.45, 2.75) is 34.6 Å². The van der Waals surface area contributed by atoms with Crippen molar-refractivity contribution in [3.8, 4) is 5.69 Å². The molecule has 0 aliphatic carbocycles. The second-order valence-electron chi connectivity index (χ2n) is 8.41. The molecular formula is C25H30N4O3S. The van der Waals surface area contributed by atoms with Gasteiger partial charge in [0.1, 0.15) is 6.54 Å². The van der Waals surface area contributed by atoms with Crippen molar-refractivity contribution >= 4 is 27.8 Å². The van der Waals surface area contributed by atoms with Crippen molar-refractivity contribution in [3.63, 3.8) is 0 Å². The number of benzene rings is 2. The van der Waals surface area contributed by atoms with Crippen molar-refractivity contribution in [2.75, 3.05) is 17.1 Å². The molecule has 3 aromatic rings. The van der Waals surface area contributed by atoms with E-state index in [4.69, 9.17) is 0 Å². The Morgan fingerprint density at radius 1 is 1.00 bits per heavy atom. The lowest BCUT2D eigenvalue weighted by molar-refractivity contribution is -0.119. The number of amides is 1. The van der Waals surface area contributed by atoms with Gasteiger partial charge >= 0.3 is 0 Å². The summed E-state index contributed by atoms with van der Waals surface area (Å²) in [5, 5.41) is 4.07. The first-order valence-electron chi connectivity index (χ1n) is 10.6. The number of aromatic nitrogens is 1. The zero-order valence-corrected chi connectivity index (χ0v) is 20.7. The molecule has 0 spiro atoms. The molecule has 1 heterocycles. The lowest BCUT2D eigenvalue weighted by Gasteiger charge is -2.21. The van der Waals surface area contributed by atoms with Gasteiger partial charge in [-0.15, -0.1) is 0 Å². The van der Waals surface area contributed by atoms with Crippen LogP contribution in [-0.4, -0.2) is 37.9 Å². The van der Waals surface area contributed by atoms with Gasteiger partial charge < -0.3 is 4.57 Å². The third kappa shape index (κ3) is 5.90. The molecule has 174 valence electrons. The SMILES string of the molecule is Cc1cccc(N(CC(=O)N/N=C\c2cc(C)n(-c3cc(C)cc(C)c3)c2C)S(C)(=O)=O)c1. The standard InChI is InChI=1S/C25H30N4O3S/c1-17-8-7-9-23(11-17)28(33(6,31)32)16-25(30)27-26-15-22-14-20(4)29(21(22)5)24-12-18(2)10-19(3)13-24/h7-15H,16H2,1-6H3,(H,27,30)/b26-15-. The van der Waals surface area contributed by atoms with Gasteiger partial charge in [0.2, 0.25) is 10.0 Å². The summed E-state index contributed by atoms with van der Waals surface area (Å²) in [6, 6.07) is 15.4. The van der Waals surface area contributed by atoms with Crippen molar-refractivity contribution in [1.29, 1.82) is 0 Å². The van der Waals surface area contributed by atoms with Crippen molar-refractivity contribution < 1.29 is 13.2 Å². The van der Waals surface area contributed by atoms with E-state index in [0.717, 1.165) is 38.8 Å². The molecule has 3 rings (SSSR count). The number of nitrogens with one attached hydrogen (secondary N) is 1. The first-order valence-corrected chi connectivity index (χ1v) is 12.4. The van der Waals surface area contributed by atoms with Crippen LogP contribution in [0, 0.1) is 34.6 Å². The summed E-state index contributed by atoms with van der Waals surface area (Å²) in [7, 11) is -3.64. The van der Waals surface area contributed by atoms with Crippen molar-refractivity contribution in [2.24, 2.45) is 5.10 Å². The van der Waals surface area contributed by atoms with Crippen LogP contribution in [0.3, 0.4) is 0 Å². The molecule has 1 aromatic heterocycles. The van der Waals surface area contributed by atoms with E-state index in [-0.39, 0.29) is 6.54 Å². The molecule has 0 fully saturated rings. The quantitative estimate of drug-likeness (QED) is 0.423. The Morgan fingerprint density at radius 3 is 2.27 bits per heavy atom. The van der Waals surface area contributed by atoms with Crippen LogP contribution < -0.4 is 9.73 Å². The minimum absolute atomic E-state index is 0.360. The minimum atomic E-state index is -3.64. The predicted molar refractivity (Wildman–Crippen MR) is 134 cm³/mol. The van der Waals surface area contributed by atoms with Crippen LogP contribution in [0.2, 0.25) is 0 Å². The fourth-order valence-corrected chi connectivity index (χ4v) is 4.77. The van der Waals surface area contributed by atoms with Gasteiger partial charge in [0, 0.05) is 22.6 Å². The van der Waals surface area contributed by atoms with Gasteiger partial charge in [-0.3, -0.25) is 9.10 Å². The summed E-state index contributed by atoms with van der Waals surface area (Å²) in [6.45, 7) is 9.66. The monoisotopic (exact) mass is 466 g/mol. The Kier molecular flexibility index (Phi) is 7.07. The molecule has 33 heavy (non-hydrogen) atoms. The van der Waals surface area contributed by atoms with Crippen LogP contribution in [0.5, 0.6) is 0 Å². The normalized spacial score (nSPS) is 11.7. The highest BCUT2D eigenvalue weighted by Gasteiger charge is 2.20. The molecule has 0 unspecified atom stereocenters. The Hall–Kier alpha value is -3.39. The molecule has 0 saturated heterocycles. The zero-order chi connectivity index (χ0) is 24.3. The number of aryl methyl sites for hydroxylation is 4. The molecule has 0 bridgehead atoms. The number of hydrogen-bond donors (Lipinski definition) is 1. The smallest absolute Gasteiger partial charge is 0.260 e. The van der Waals surface area contributed by atoms with Crippen LogP contribution in [-0.2, 0) is 14.8 Å². The Labute approximate surface area is 195 Å². The molecule has 1 amide bonds. The van der Waals surface area contributed by atoms with Crippen LogP contribution in [0.1, 0.15) is 33.6 Å². The lowest BCUT2D eigenvalue weighted by atomic mass is 10.1. The first kappa shape index (κ1) is 24.3. The van der Waals surface area contributed by atoms with E-state index in [2.05, 4.69) is 47.1 Å². The summed E-state index contributed by atoms with van der Waals surface area (Å²) in [5.74, 6) is -0.527. The first-order chi connectivity index (χ1) is 15.5. The summed E-state index contributed by atoms with van der Waals surface area (Å²) in [6.07, 6.45) is 2.66. The highest BCUT2D eigenvalue weighted by molar-refractivity contribution is 7.92.